The van der Waals surface area contributed by atoms with Gasteiger partial charge in [0.15, 0.2) is 5.78 Å². The molecule has 0 radical (unpaired) electrons. The summed E-state index contributed by atoms with van der Waals surface area (Å²) >= 11 is 0. The highest BCUT2D eigenvalue weighted by Crippen LogP contribution is 2.29. The Morgan fingerprint density at radius 1 is 0.769 bits per heavy atom. The molecule has 0 aliphatic carbocycles. The fourth-order valence-corrected chi connectivity index (χ4v) is 3.15. The lowest BCUT2D eigenvalue weighted by molar-refractivity contribution is 0.0985. The highest BCUT2D eigenvalue weighted by atomic mass is 16.3. The number of aromatic hydroxyl groups is 1. The number of phenols is 1. The van der Waals surface area contributed by atoms with Crippen LogP contribution in [-0.4, -0.2) is 10.9 Å². The summed E-state index contributed by atoms with van der Waals surface area (Å²) in [5.74, 6) is 0.000794. The smallest absolute Gasteiger partial charge is 0.166 e. The van der Waals surface area contributed by atoms with E-state index in [4.69, 9.17) is 0 Å². The van der Waals surface area contributed by atoms with Crippen LogP contribution < -0.4 is 0 Å². The number of Topliss-reactive ketones (excluding diaryl/α,β-unsaturated/α-hetero) is 1. The van der Waals surface area contributed by atoms with Crippen LogP contribution >= 0.6 is 0 Å². The number of carbonyl (C=O) groups excluding carboxylic acids is 1. The average Bonchev–Trinajstić information content (AvgIpc) is 2.68. The molecule has 0 spiro atoms. The third kappa shape index (κ3) is 3.85. The molecule has 0 bridgehead atoms. The molecule has 0 heterocycles. The van der Waals surface area contributed by atoms with E-state index >= 15 is 0 Å². The summed E-state index contributed by atoms with van der Waals surface area (Å²) in [6, 6.07) is 22.2. The maximum Gasteiger partial charge on any atom is 0.166 e. The van der Waals surface area contributed by atoms with Crippen molar-refractivity contribution in [2.75, 3.05) is 0 Å². The lowest BCUT2D eigenvalue weighted by atomic mass is 9.97. The van der Waals surface area contributed by atoms with Gasteiger partial charge in [0, 0.05) is 6.42 Å². The first kappa shape index (κ1) is 17.9. The molecule has 1 N–H and O–H groups in total. The standard InChI is InChI=1S/C24H24O2/c1-3-5-17-6-8-18(9-7-17)19-10-12-20(13-11-19)21-14-15-22(23(25)4-2)24(26)16-21/h6-16,26H,3-5H2,1-2H3. The molecule has 0 unspecified atom stereocenters. The fraction of sp³-hybridized carbons (Fsp3) is 0.208. The topological polar surface area (TPSA) is 37.3 Å². The van der Waals surface area contributed by atoms with Gasteiger partial charge < -0.3 is 5.11 Å². The lowest BCUT2D eigenvalue weighted by Gasteiger charge is -2.08. The maximum atomic E-state index is 11.8. The van der Waals surface area contributed by atoms with Crippen molar-refractivity contribution in [1.82, 2.24) is 0 Å². The van der Waals surface area contributed by atoms with Gasteiger partial charge in [0.25, 0.3) is 0 Å². The van der Waals surface area contributed by atoms with Crippen molar-refractivity contribution in [2.24, 2.45) is 0 Å². The van der Waals surface area contributed by atoms with E-state index in [-0.39, 0.29) is 11.5 Å². The highest BCUT2D eigenvalue weighted by Gasteiger charge is 2.10. The molecule has 26 heavy (non-hydrogen) atoms. The third-order valence-corrected chi connectivity index (χ3v) is 4.66. The molecule has 0 fully saturated rings. The number of ketones is 1. The zero-order valence-electron chi connectivity index (χ0n) is 15.3. The molecule has 0 aromatic heterocycles. The predicted molar refractivity (Wildman–Crippen MR) is 108 cm³/mol. The Morgan fingerprint density at radius 2 is 1.27 bits per heavy atom. The Balaban J connectivity index is 1.83. The van der Waals surface area contributed by atoms with Gasteiger partial charge in [-0.2, -0.15) is 0 Å². The van der Waals surface area contributed by atoms with Gasteiger partial charge in [-0.1, -0.05) is 74.9 Å². The number of phenolic OH excluding ortho intramolecular Hbond substituents is 1. The van der Waals surface area contributed by atoms with Crippen LogP contribution in [0.5, 0.6) is 5.75 Å². The third-order valence-electron chi connectivity index (χ3n) is 4.66. The minimum atomic E-state index is -0.0454. The second kappa shape index (κ2) is 8.01. The Kier molecular flexibility index (Phi) is 5.52. The summed E-state index contributed by atoms with van der Waals surface area (Å²) in [7, 11) is 0. The Hall–Kier alpha value is -2.87. The summed E-state index contributed by atoms with van der Waals surface area (Å²) in [5, 5.41) is 10.1. The van der Waals surface area contributed by atoms with Crippen LogP contribution in [0, 0.1) is 0 Å². The lowest BCUT2D eigenvalue weighted by Crippen LogP contribution is -1.96. The largest absolute Gasteiger partial charge is 0.507 e. The van der Waals surface area contributed by atoms with E-state index in [1.165, 1.54) is 16.7 Å². The van der Waals surface area contributed by atoms with Gasteiger partial charge in [-0.15, -0.1) is 0 Å². The van der Waals surface area contributed by atoms with Crippen LogP contribution in [0.3, 0.4) is 0 Å². The summed E-state index contributed by atoms with van der Waals surface area (Å²) in [6.07, 6.45) is 2.65. The second-order valence-corrected chi connectivity index (χ2v) is 6.53. The molecule has 0 saturated carbocycles. The first-order chi connectivity index (χ1) is 12.6. The van der Waals surface area contributed by atoms with Crippen molar-refractivity contribution in [3.63, 3.8) is 0 Å². The van der Waals surface area contributed by atoms with Crippen LogP contribution in [0.2, 0.25) is 0 Å². The van der Waals surface area contributed by atoms with E-state index in [1.807, 2.05) is 18.2 Å². The van der Waals surface area contributed by atoms with E-state index in [0.717, 1.165) is 24.0 Å². The molecule has 0 saturated heterocycles. The minimum absolute atomic E-state index is 0.0454. The normalized spacial score (nSPS) is 10.7. The van der Waals surface area contributed by atoms with Gasteiger partial charge in [0.1, 0.15) is 5.75 Å². The van der Waals surface area contributed by atoms with Gasteiger partial charge >= 0.3 is 0 Å². The summed E-state index contributed by atoms with van der Waals surface area (Å²) in [4.78, 5) is 11.8. The van der Waals surface area contributed by atoms with Gasteiger partial charge in [-0.05, 0) is 46.4 Å². The zero-order chi connectivity index (χ0) is 18.5. The van der Waals surface area contributed by atoms with Crippen molar-refractivity contribution >= 4 is 5.78 Å². The molecular weight excluding hydrogens is 320 g/mol. The van der Waals surface area contributed by atoms with Crippen molar-refractivity contribution < 1.29 is 9.90 Å². The van der Waals surface area contributed by atoms with E-state index < -0.39 is 0 Å². The van der Waals surface area contributed by atoms with Crippen LogP contribution in [0.15, 0.2) is 66.7 Å². The number of aryl methyl sites for hydroxylation is 1. The van der Waals surface area contributed by atoms with Crippen molar-refractivity contribution in [1.29, 1.82) is 0 Å². The first-order valence-corrected chi connectivity index (χ1v) is 9.18. The van der Waals surface area contributed by atoms with E-state index in [1.54, 1.807) is 19.1 Å². The molecule has 0 amide bonds. The quantitative estimate of drug-likeness (QED) is 0.535. The van der Waals surface area contributed by atoms with Crippen LogP contribution in [0.1, 0.15) is 42.6 Å². The molecule has 2 heteroatoms. The molecule has 2 nitrogen and oxygen atoms in total. The summed E-state index contributed by atoms with van der Waals surface area (Å²) in [6.45, 7) is 3.98. The maximum absolute atomic E-state index is 11.8. The SMILES string of the molecule is CCCc1ccc(-c2ccc(-c3ccc(C(=O)CC)c(O)c3)cc2)cc1. The number of carbonyl (C=O) groups is 1. The molecule has 3 aromatic carbocycles. The molecule has 0 aliphatic rings. The predicted octanol–water partition coefficient (Wildman–Crippen LogP) is 6.27. The molecule has 0 atom stereocenters. The monoisotopic (exact) mass is 344 g/mol. The Bertz CT molecular complexity index is 890. The number of benzene rings is 3. The van der Waals surface area contributed by atoms with E-state index in [9.17, 15) is 9.90 Å². The average molecular weight is 344 g/mol. The molecule has 0 aliphatic heterocycles. The van der Waals surface area contributed by atoms with Crippen molar-refractivity contribution in [3.05, 3.63) is 77.9 Å². The summed E-state index contributed by atoms with van der Waals surface area (Å²) in [5.41, 5.74) is 6.04. The van der Waals surface area contributed by atoms with Gasteiger partial charge in [0.2, 0.25) is 0 Å². The molecule has 132 valence electrons. The second-order valence-electron chi connectivity index (χ2n) is 6.53. The van der Waals surface area contributed by atoms with Crippen LogP contribution in [0.4, 0.5) is 0 Å². The number of rotatable bonds is 6. The molecule has 3 aromatic rings. The number of hydrogen-bond acceptors (Lipinski definition) is 2. The van der Waals surface area contributed by atoms with Gasteiger partial charge in [-0.3, -0.25) is 4.79 Å². The highest BCUT2D eigenvalue weighted by molar-refractivity contribution is 5.99. The van der Waals surface area contributed by atoms with Crippen molar-refractivity contribution in [3.8, 4) is 28.0 Å². The van der Waals surface area contributed by atoms with Crippen LogP contribution in [0.25, 0.3) is 22.3 Å². The zero-order valence-corrected chi connectivity index (χ0v) is 15.3. The fourth-order valence-electron chi connectivity index (χ4n) is 3.15. The molecule has 3 rings (SSSR count). The molecular formula is C24H24O2. The van der Waals surface area contributed by atoms with E-state index in [2.05, 4.69) is 43.3 Å². The Labute approximate surface area is 155 Å². The minimum Gasteiger partial charge on any atom is -0.507 e. The van der Waals surface area contributed by atoms with Crippen molar-refractivity contribution in [2.45, 2.75) is 33.1 Å². The van der Waals surface area contributed by atoms with Crippen LogP contribution in [-0.2, 0) is 6.42 Å². The first-order valence-electron chi connectivity index (χ1n) is 9.18. The summed E-state index contributed by atoms with van der Waals surface area (Å²) < 4.78 is 0. The van der Waals surface area contributed by atoms with Gasteiger partial charge in [-0.25, -0.2) is 0 Å². The Morgan fingerprint density at radius 3 is 1.77 bits per heavy atom. The van der Waals surface area contributed by atoms with Gasteiger partial charge in [0.05, 0.1) is 5.56 Å². The number of hydrogen-bond donors (Lipinski definition) is 1. The van der Waals surface area contributed by atoms with E-state index in [0.29, 0.717) is 12.0 Å².